The number of nitrogen functional groups attached to an aromatic ring is 1. The van der Waals surface area contributed by atoms with Gasteiger partial charge >= 0.3 is 0 Å². The van der Waals surface area contributed by atoms with Gasteiger partial charge < -0.3 is 10.2 Å². The van der Waals surface area contributed by atoms with Crippen molar-refractivity contribution in [3.05, 3.63) is 33.9 Å². The Balaban J connectivity index is 2.08. The van der Waals surface area contributed by atoms with Crippen LogP contribution in [0.3, 0.4) is 0 Å². The van der Waals surface area contributed by atoms with Gasteiger partial charge in [-0.1, -0.05) is 12.8 Å². The number of nitrogens with two attached hydrogens (primary N) is 1. The van der Waals surface area contributed by atoms with Crippen molar-refractivity contribution in [3.8, 4) is 0 Å². The molecule has 0 spiro atoms. The van der Waals surface area contributed by atoms with Crippen LogP contribution >= 0.6 is 0 Å². The van der Waals surface area contributed by atoms with Crippen LogP contribution in [0, 0.1) is 10.1 Å². The summed E-state index contributed by atoms with van der Waals surface area (Å²) < 4.78 is 5.75. The molecule has 98 valence electrons. The fourth-order valence-electron chi connectivity index (χ4n) is 2.22. The van der Waals surface area contributed by atoms with Gasteiger partial charge in [-0.05, 0) is 18.9 Å². The van der Waals surface area contributed by atoms with Crippen LogP contribution in [0.4, 0.5) is 11.4 Å². The number of hydrazine groups is 1. The normalized spacial score (nSPS) is 15.8. The van der Waals surface area contributed by atoms with E-state index in [0.29, 0.717) is 12.3 Å². The number of rotatable bonds is 5. The molecule has 2 rings (SSSR count). The van der Waals surface area contributed by atoms with Crippen LogP contribution in [-0.4, -0.2) is 11.0 Å². The highest BCUT2D eigenvalue weighted by Gasteiger charge is 2.17. The van der Waals surface area contributed by atoms with Gasteiger partial charge in [-0.25, -0.2) is 0 Å². The van der Waals surface area contributed by atoms with Gasteiger partial charge in [0.2, 0.25) is 0 Å². The first-order valence-electron chi connectivity index (χ1n) is 6.06. The summed E-state index contributed by atoms with van der Waals surface area (Å²) in [6.45, 7) is 0.353. The Morgan fingerprint density at radius 2 is 2.17 bits per heavy atom. The Morgan fingerprint density at radius 3 is 2.78 bits per heavy atom. The van der Waals surface area contributed by atoms with E-state index in [-0.39, 0.29) is 11.8 Å². The summed E-state index contributed by atoms with van der Waals surface area (Å²) in [4.78, 5) is 10.3. The molecule has 6 nitrogen and oxygen atoms in total. The summed E-state index contributed by atoms with van der Waals surface area (Å²) >= 11 is 0. The van der Waals surface area contributed by atoms with Crippen molar-refractivity contribution >= 4 is 11.4 Å². The van der Waals surface area contributed by atoms with Crippen LogP contribution in [0.2, 0.25) is 0 Å². The van der Waals surface area contributed by atoms with E-state index in [2.05, 4.69) is 5.43 Å². The minimum atomic E-state index is -0.417. The van der Waals surface area contributed by atoms with E-state index in [9.17, 15) is 10.1 Å². The van der Waals surface area contributed by atoms with E-state index in [1.807, 2.05) is 0 Å². The fraction of sp³-hybridized carbons (Fsp3) is 0.500. The minimum Gasteiger partial charge on any atom is -0.373 e. The van der Waals surface area contributed by atoms with Crippen molar-refractivity contribution in [2.75, 3.05) is 5.43 Å². The molecule has 3 N–H and O–H groups in total. The zero-order chi connectivity index (χ0) is 13.0. The third kappa shape index (κ3) is 2.96. The molecule has 1 aliphatic carbocycles. The average molecular weight is 251 g/mol. The summed E-state index contributed by atoms with van der Waals surface area (Å²) in [6, 6.07) is 4.53. The number of non-ortho nitro benzene ring substituents is 1. The highest BCUT2D eigenvalue weighted by molar-refractivity contribution is 5.55. The molecule has 1 aromatic carbocycles. The molecule has 1 aromatic rings. The molecule has 0 atom stereocenters. The lowest BCUT2D eigenvalue weighted by atomic mass is 10.1. The molecule has 0 radical (unpaired) electrons. The maximum Gasteiger partial charge on any atom is 0.269 e. The van der Waals surface area contributed by atoms with Gasteiger partial charge in [0.05, 0.1) is 23.3 Å². The molecule has 0 unspecified atom stereocenters. The van der Waals surface area contributed by atoms with Crippen molar-refractivity contribution in [3.63, 3.8) is 0 Å². The predicted octanol–water partition coefficient (Wildman–Crippen LogP) is 2.34. The molecule has 0 bridgehead atoms. The second kappa shape index (κ2) is 5.79. The summed E-state index contributed by atoms with van der Waals surface area (Å²) in [7, 11) is 0. The minimum absolute atomic E-state index is 0.0546. The smallest absolute Gasteiger partial charge is 0.269 e. The van der Waals surface area contributed by atoms with Crippen molar-refractivity contribution in [1.82, 2.24) is 0 Å². The van der Waals surface area contributed by atoms with Gasteiger partial charge in [-0.3, -0.25) is 16.0 Å². The topological polar surface area (TPSA) is 90.4 Å². The summed E-state index contributed by atoms with van der Waals surface area (Å²) in [5, 5.41) is 10.7. The highest BCUT2D eigenvalue weighted by Crippen LogP contribution is 2.26. The Kier molecular flexibility index (Phi) is 4.11. The molecule has 1 saturated carbocycles. The van der Waals surface area contributed by atoms with Crippen LogP contribution in [0.15, 0.2) is 18.2 Å². The van der Waals surface area contributed by atoms with E-state index >= 15 is 0 Å². The van der Waals surface area contributed by atoms with Crippen molar-refractivity contribution in [2.24, 2.45) is 5.84 Å². The number of benzene rings is 1. The van der Waals surface area contributed by atoms with Gasteiger partial charge in [0, 0.05) is 17.7 Å². The number of anilines is 1. The molecule has 0 heterocycles. The lowest BCUT2D eigenvalue weighted by Crippen LogP contribution is -2.12. The molecule has 6 heteroatoms. The molecule has 0 amide bonds. The van der Waals surface area contributed by atoms with E-state index in [1.165, 1.54) is 25.0 Å². The predicted molar refractivity (Wildman–Crippen MR) is 68.0 cm³/mol. The van der Waals surface area contributed by atoms with Gasteiger partial charge in [0.1, 0.15) is 0 Å². The van der Waals surface area contributed by atoms with Crippen molar-refractivity contribution in [1.29, 1.82) is 0 Å². The fourth-order valence-corrected chi connectivity index (χ4v) is 2.22. The van der Waals surface area contributed by atoms with Crippen molar-refractivity contribution in [2.45, 2.75) is 38.4 Å². The second-order valence-corrected chi connectivity index (χ2v) is 4.46. The Labute approximate surface area is 105 Å². The zero-order valence-corrected chi connectivity index (χ0v) is 10.1. The zero-order valence-electron chi connectivity index (χ0n) is 10.1. The van der Waals surface area contributed by atoms with Crippen LogP contribution in [0.25, 0.3) is 0 Å². The number of hydrogen-bond donors (Lipinski definition) is 2. The number of nitro benzene ring substituents is 1. The molecule has 0 aromatic heterocycles. The van der Waals surface area contributed by atoms with Crippen LogP contribution in [0.5, 0.6) is 0 Å². The number of hydrogen-bond acceptors (Lipinski definition) is 5. The van der Waals surface area contributed by atoms with Gasteiger partial charge in [-0.15, -0.1) is 0 Å². The van der Waals surface area contributed by atoms with Crippen LogP contribution < -0.4 is 11.3 Å². The maximum absolute atomic E-state index is 10.7. The summed E-state index contributed by atoms with van der Waals surface area (Å²) in [6.07, 6.45) is 4.80. The highest BCUT2D eigenvalue weighted by atomic mass is 16.6. The second-order valence-electron chi connectivity index (χ2n) is 4.46. The summed E-state index contributed by atoms with van der Waals surface area (Å²) in [5.74, 6) is 5.39. The Bertz CT molecular complexity index is 431. The largest absolute Gasteiger partial charge is 0.373 e. The molecular weight excluding hydrogens is 234 g/mol. The van der Waals surface area contributed by atoms with Crippen molar-refractivity contribution < 1.29 is 9.66 Å². The third-order valence-electron chi connectivity index (χ3n) is 3.23. The van der Waals surface area contributed by atoms with E-state index in [0.717, 1.165) is 18.4 Å². The molecular formula is C12H17N3O3. The lowest BCUT2D eigenvalue weighted by Gasteiger charge is -2.13. The molecule has 0 saturated heterocycles. The average Bonchev–Trinajstić information content (AvgIpc) is 2.89. The maximum atomic E-state index is 10.7. The third-order valence-corrected chi connectivity index (χ3v) is 3.23. The monoisotopic (exact) mass is 251 g/mol. The number of nitrogens with zero attached hydrogens (tertiary/aromatic N) is 1. The molecule has 0 aliphatic heterocycles. The Morgan fingerprint density at radius 1 is 1.44 bits per heavy atom. The first kappa shape index (κ1) is 12.8. The number of ether oxygens (including phenoxy) is 1. The summed E-state index contributed by atoms with van der Waals surface area (Å²) in [5.41, 5.74) is 3.98. The quantitative estimate of drug-likeness (QED) is 0.476. The van der Waals surface area contributed by atoms with Crippen LogP contribution in [0.1, 0.15) is 31.2 Å². The molecule has 18 heavy (non-hydrogen) atoms. The molecule has 1 aliphatic rings. The van der Waals surface area contributed by atoms with E-state index in [4.69, 9.17) is 10.6 Å². The SMILES string of the molecule is NNc1ccc([N+](=O)[O-])cc1COC1CCCC1. The van der Waals surface area contributed by atoms with Gasteiger partial charge in [0.15, 0.2) is 0 Å². The van der Waals surface area contributed by atoms with E-state index in [1.54, 1.807) is 6.07 Å². The molecule has 1 fully saturated rings. The standard InChI is InChI=1S/C12H17N3O3/c13-14-12-6-5-10(15(16)17)7-9(12)8-18-11-3-1-2-4-11/h5-7,11,14H,1-4,8,13H2. The number of nitrogens with one attached hydrogen (secondary N) is 1. The Hall–Kier alpha value is -1.66. The lowest BCUT2D eigenvalue weighted by molar-refractivity contribution is -0.384. The van der Waals surface area contributed by atoms with Crippen LogP contribution in [-0.2, 0) is 11.3 Å². The van der Waals surface area contributed by atoms with E-state index < -0.39 is 4.92 Å². The van der Waals surface area contributed by atoms with Gasteiger partial charge in [0.25, 0.3) is 5.69 Å². The van der Waals surface area contributed by atoms with Gasteiger partial charge in [-0.2, -0.15) is 0 Å². The number of nitro groups is 1. The first-order valence-corrected chi connectivity index (χ1v) is 6.06. The first-order chi connectivity index (χ1) is 8.70.